The number of hydrogen-bond acceptors (Lipinski definition) is 4. The standard InChI is InChI=1S/C19H26N2O5/c1-12(2)10-15(18(23)24)20-17(22)16(13(3)4)21-19(25)26-11-14-8-6-5-7-9-14/h5-9,13,15-16H,1,10-11H2,2-4H3,(H,20,22)(H,21,25)(H,23,24)/t15-,16-/m1/s1. The maximum Gasteiger partial charge on any atom is 0.408 e. The number of aliphatic carboxylic acids is 1. The van der Waals surface area contributed by atoms with E-state index in [0.29, 0.717) is 5.57 Å². The molecule has 0 spiro atoms. The number of ether oxygens (including phenoxy) is 1. The minimum Gasteiger partial charge on any atom is -0.480 e. The van der Waals surface area contributed by atoms with Crippen molar-refractivity contribution in [1.29, 1.82) is 0 Å². The Morgan fingerprint density at radius 2 is 1.77 bits per heavy atom. The Balaban J connectivity index is 2.65. The highest BCUT2D eigenvalue weighted by Gasteiger charge is 2.29. The zero-order chi connectivity index (χ0) is 19.7. The van der Waals surface area contributed by atoms with Crippen LogP contribution in [0.5, 0.6) is 0 Å². The molecule has 0 radical (unpaired) electrons. The predicted molar refractivity (Wildman–Crippen MR) is 97.4 cm³/mol. The Bertz CT molecular complexity index is 643. The highest BCUT2D eigenvalue weighted by atomic mass is 16.5. The van der Waals surface area contributed by atoms with Crippen LogP contribution < -0.4 is 10.6 Å². The van der Waals surface area contributed by atoms with E-state index >= 15 is 0 Å². The predicted octanol–water partition coefficient (Wildman–Crippen LogP) is 2.47. The zero-order valence-electron chi connectivity index (χ0n) is 15.3. The lowest BCUT2D eigenvalue weighted by atomic mass is 10.0. The van der Waals surface area contributed by atoms with Gasteiger partial charge in [-0.05, 0) is 24.8 Å². The van der Waals surface area contributed by atoms with Gasteiger partial charge in [0.05, 0.1) is 0 Å². The topological polar surface area (TPSA) is 105 Å². The van der Waals surface area contributed by atoms with Gasteiger partial charge in [0.15, 0.2) is 0 Å². The molecule has 0 fully saturated rings. The number of carboxylic acid groups (broad SMARTS) is 1. The molecule has 0 unspecified atom stereocenters. The second-order valence-corrected chi connectivity index (χ2v) is 6.49. The molecule has 0 aliphatic heterocycles. The minimum atomic E-state index is -1.16. The van der Waals surface area contributed by atoms with Crippen LogP contribution in [-0.2, 0) is 20.9 Å². The average molecular weight is 362 g/mol. The third-order valence-electron chi connectivity index (χ3n) is 3.60. The van der Waals surface area contributed by atoms with Gasteiger partial charge in [0, 0.05) is 0 Å². The van der Waals surface area contributed by atoms with Crippen LogP contribution in [0, 0.1) is 5.92 Å². The maximum absolute atomic E-state index is 12.4. The fourth-order valence-electron chi connectivity index (χ4n) is 2.24. The van der Waals surface area contributed by atoms with Crippen molar-refractivity contribution in [2.24, 2.45) is 5.92 Å². The molecule has 0 aliphatic carbocycles. The third kappa shape index (κ3) is 7.38. The first-order chi connectivity index (χ1) is 12.2. The van der Waals surface area contributed by atoms with Gasteiger partial charge in [-0.2, -0.15) is 0 Å². The monoisotopic (exact) mass is 362 g/mol. The van der Waals surface area contributed by atoms with Crippen molar-refractivity contribution in [3.8, 4) is 0 Å². The Labute approximate surface area is 153 Å². The van der Waals surface area contributed by atoms with E-state index in [1.54, 1.807) is 20.8 Å². The minimum absolute atomic E-state index is 0.0759. The van der Waals surface area contributed by atoms with Gasteiger partial charge >= 0.3 is 12.1 Å². The van der Waals surface area contributed by atoms with E-state index in [0.717, 1.165) is 5.56 Å². The summed E-state index contributed by atoms with van der Waals surface area (Å²) in [6.45, 7) is 8.91. The van der Waals surface area contributed by atoms with Crippen LogP contribution in [0.15, 0.2) is 42.5 Å². The first kappa shape index (κ1) is 21.2. The number of amides is 2. The van der Waals surface area contributed by atoms with Crippen molar-refractivity contribution >= 4 is 18.0 Å². The first-order valence-electron chi connectivity index (χ1n) is 8.35. The number of carbonyl (C=O) groups is 3. The molecule has 7 nitrogen and oxygen atoms in total. The fourth-order valence-corrected chi connectivity index (χ4v) is 2.24. The lowest BCUT2D eigenvalue weighted by molar-refractivity contribution is -0.142. The van der Waals surface area contributed by atoms with Gasteiger partial charge < -0.3 is 20.5 Å². The van der Waals surface area contributed by atoms with E-state index in [2.05, 4.69) is 17.2 Å². The summed E-state index contributed by atoms with van der Waals surface area (Å²) >= 11 is 0. The summed E-state index contributed by atoms with van der Waals surface area (Å²) in [5, 5.41) is 14.2. The molecule has 0 saturated heterocycles. The molecule has 1 aromatic carbocycles. The van der Waals surface area contributed by atoms with Gasteiger partial charge in [-0.1, -0.05) is 49.8 Å². The molecule has 0 saturated carbocycles. The van der Waals surface area contributed by atoms with Gasteiger partial charge in [0.1, 0.15) is 18.7 Å². The molecular weight excluding hydrogens is 336 g/mol. The quantitative estimate of drug-likeness (QED) is 0.585. The largest absolute Gasteiger partial charge is 0.480 e. The molecule has 3 N–H and O–H groups in total. The Morgan fingerprint density at radius 3 is 2.27 bits per heavy atom. The van der Waals surface area contributed by atoms with Crippen molar-refractivity contribution in [2.75, 3.05) is 0 Å². The zero-order valence-corrected chi connectivity index (χ0v) is 15.3. The van der Waals surface area contributed by atoms with Crippen LogP contribution >= 0.6 is 0 Å². The molecule has 1 rings (SSSR count). The molecule has 1 aromatic rings. The molecule has 0 bridgehead atoms. The molecule has 142 valence electrons. The molecule has 26 heavy (non-hydrogen) atoms. The van der Waals surface area contributed by atoms with Crippen molar-refractivity contribution in [1.82, 2.24) is 10.6 Å². The maximum atomic E-state index is 12.4. The van der Waals surface area contributed by atoms with Gasteiger partial charge in [-0.25, -0.2) is 9.59 Å². The van der Waals surface area contributed by atoms with Crippen LogP contribution in [0.1, 0.15) is 32.8 Å². The average Bonchev–Trinajstić information content (AvgIpc) is 2.57. The summed E-state index contributed by atoms with van der Waals surface area (Å²) in [4.78, 5) is 35.7. The van der Waals surface area contributed by atoms with Crippen LogP contribution in [-0.4, -0.2) is 35.2 Å². The number of carbonyl (C=O) groups excluding carboxylic acids is 2. The van der Waals surface area contributed by atoms with E-state index in [9.17, 15) is 19.5 Å². The van der Waals surface area contributed by atoms with Crippen molar-refractivity contribution < 1.29 is 24.2 Å². The summed E-state index contributed by atoms with van der Waals surface area (Å²) in [6.07, 6.45) is -0.626. The molecule has 2 amide bonds. The van der Waals surface area contributed by atoms with Crippen molar-refractivity contribution in [2.45, 2.75) is 45.9 Å². The highest BCUT2D eigenvalue weighted by molar-refractivity contribution is 5.89. The number of alkyl carbamates (subject to hydrolysis) is 1. The Morgan fingerprint density at radius 1 is 1.15 bits per heavy atom. The molecule has 0 heterocycles. The van der Waals surface area contributed by atoms with Crippen LogP contribution in [0.25, 0.3) is 0 Å². The number of carboxylic acids is 1. The summed E-state index contributed by atoms with van der Waals surface area (Å²) < 4.78 is 5.12. The first-order valence-corrected chi connectivity index (χ1v) is 8.35. The normalized spacial score (nSPS) is 12.8. The van der Waals surface area contributed by atoms with E-state index in [1.807, 2.05) is 30.3 Å². The molecule has 2 atom stereocenters. The Kier molecular flexibility index (Phi) is 8.34. The lowest BCUT2D eigenvalue weighted by Gasteiger charge is -2.23. The summed E-state index contributed by atoms with van der Waals surface area (Å²) in [7, 11) is 0. The van der Waals surface area contributed by atoms with Crippen LogP contribution in [0.4, 0.5) is 4.79 Å². The lowest BCUT2D eigenvalue weighted by Crippen LogP contribution is -2.53. The molecule has 7 heteroatoms. The number of rotatable bonds is 9. The molecular formula is C19H26N2O5. The van der Waals surface area contributed by atoms with Crippen LogP contribution in [0.2, 0.25) is 0 Å². The van der Waals surface area contributed by atoms with Crippen molar-refractivity contribution in [3.05, 3.63) is 48.0 Å². The van der Waals surface area contributed by atoms with Gasteiger partial charge in [-0.3, -0.25) is 4.79 Å². The second-order valence-electron chi connectivity index (χ2n) is 6.49. The fraction of sp³-hybridized carbons (Fsp3) is 0.421. The SMILES string of the molecule is C=C(C)C[C@@H](NC(=O)[C@H](NC(=O)OCc1ccccc1)C(C)C)C(=O)O. The second kappa shape index (κ2) is 10.2. The number of hydrogen-bond donors (Lipinski definition) is 3. The number of nitrogens with one attached hydrogen (secondary N) is 2. The van der Waals surface area contributed by atoms with Crippen LogP contribution in [0.3, 0.4) is 0 Å². The number of benzene rings is 1. The van der Waals surface area contributed by atoms with Crippen molar-refractivity contribution in [3.63, 3.8) is 0 Å². The summed E-state index contributed by atoms with van der Waals surface area (Å²) in [5.41, 5.74) is 1.45. The van der Waals surface area contributed by atoms with Gasteiger partial charge in [0.2, 0.25) is 5.91 Å². The van der Waals surface area contributed by atoms with E-state index < -0.39 is 30.1 Å². The third-order valence-corrected chi connectivity index (χ3v) is 3.60. The summed E-state index contributed by atoms with van der Waals surface area (Å²) in [6, 6.07) is 7.13. The smallest absolute Gasteiger partial charge is 0.408 e. The van der Waals surface area contributed by atoms with Gasteiger partial charge in [0.25, 0.3) is 0 Å². The van der Waals surface area contributed by atoms with Gasteiger partial charge in [-0.15, -0.1) is 6.58 Å². The van der Waals surface area contributed by atoms with E-state index in [4.69, 9.17) is 4.74 Å². The summed E-state index contributed by atoms with van der Waals surface area (Å²) in [5.74, 6) is -1.99. The molecule has 0 aliphatic rings. The molecule has 0 aromatic heterocycles. The van der Waals surface area contributed by atoms with E-state index in [1.165, 1.54) is 0 Å². The van der Waals surface area contributed by atoms with E-state index in [-0.39, 0.29) is 18.9 Å². The Hall–Kier alpha value is -2.83. The highest BCUT2D eigenvalue weighted by Crippen LogP contribution is 2.07.